The molecule has 3 saturated heterocycles. The fourth-order valence-electron chi connectivity index (χ4n) is 5.15. The maximum absolute atomic E-state index is 2.80. The number of hydrogen-bond donors (Lipinski definition) is 0. The summed E-state index contributed by atoms with van der Waals surface area (Å²) >= 11 is 0. The summed E-state index contributed by atoms with van der Waals surface area (Å²) in [6, 6.07) is 0.759. The largest absolute Gasteiger partial charge is 0.306 e. The zero-order chi connectivity index (χ0) is 13.1. The second-order valence-corrected chi connectivity index (χ2v) is 8.00. The molecule has 1 aliphatic carbocycles. The van der Waals surface area contributed by atoms with Crippen LogP contribution in [0.25, 0.3) is 0 Å². The van der Waals surface area contributed by atoms with Crippen molar-refractivity contribution in [1.29, 1.82) is 0 Å². The predicted octanol–water partition coefficient (Wildman–Crippen LogP) is 1.07. The molecule has 0 amide bonds. The van der Waals surface area contributed by atoms with E-state index in [1.165, 1.54) is 45.8 Å². The van der Waals surface area contributed by atoms with Gasteiger partial charge in [-0.15, -0.1) is 0 Å². The van der Waals surface area contributed by atoms with Gasteiger partial charge >= 0.3 is 0 Å². The number of likely N-dealkylation sites (tertiary alicyclic amines) is 3. The molecule has 3 aliphatic heterocycles. The van der Waals surface area contributed by atoms with Crippen LogP contribution in [0.3, 0.4) is 0 Å². The van der Waals surface area contributed by atoms with Gasteiger partial charge in [-0.2, -0.15) is 0 Å². The van der Waals surface area contributed by atoms with E-state index in [0.29, 0.717) is 0 Å². The summed E-state index contributed by atoms with van der Waals surface area (Å²) < 4.78 is 0. The van der Waals surface area contributed by atoms with E-state index in [4.69, 9.17) is 0 Å². The van der Waals surface area contributed by atoms with Gasteiger partial charge in [0.15, 0.2) is 0 Å². The Morgan fingerprint density at radius 1 is 0.895 bits per heavy atom. The summed E-state index contributed by atoms with van der Waals surface area (Å²) in [5, 5.41) is 0. The van der Waals surface area contributed by atoms with Gasteiger partial charge in [-0.05, 0) is 50.5 Å². The van der Waals surface area contributed by atoms with Crippen LogP contribution in [-0.2, 0) is 0 Å². The molecule has 2 unspecified atom stereocenters. The highest BCUT2D eigenvalue weighted by Crippen LogP contribution is 2.52. The predicted molar refractivity (Wildman–Crippen MR) is 78.1 cm³/mol. The van der Waals surface area contributed by atoms with Crippen LogP contribution in [0.5, 0.6) is 0 Å². The molecule has 3 heteroatoms. The Balaban J connectivity index is 1.26. The monoisotopic (exact) mass is 263 g/mol. The SMILES string of the molecule is CC(C)N1C[C@@H]2[C@H](CN3CC4CN(C)CC4C3)[C@@H]2C1. The highest BCUT2D eigenvalue weighted by Gasteiger charge is 2.56. The molecule has 108 valence electrons. The maximum Gasteiger partial charge on any atom is 0.00388 e. The van der Waals surface area contributed by atoms with Gasteiger partial charge < -0.3 is 14.7 Å². The van der Waals surface area contributed by atoms with Crippen molar-refractivity contribution < 1.29 is 0 Å². The van der Waals surface area contributed by atoms with Crippen LogP contribution in [-0.4, -0.2) is 73.6 Å². The van der Waals surface area contributed by atoms with Crippen LogP contribution >= 0.6 is 0 Å². The van der Waals surface area contributed by atoms with E-state index in [0.717, 1.165) is 35.6 Å². The van der Waals surface area contributed by atoms with E-state index in [1.807, 2.05) is 0 Å². The van der Waals surface area contributed by atoms with Gasteiger partial charge in [-0.3, -0.25) is 0 Å². The normalized spacial score (nSPS) is 47.1. The summed E-state index contributed by atoms with van der Waals surface area (Å²) in [6.45, 7) is 14.3. The molecule has 3 heterocycles. The van der Waals surface area contributed by atoms with E-state index in [9.17, 15) is 0 Å². The van der Waals surface area contributed by atoms with E-state index in [-0.39, 0.29) is 0 Å². The Kier molecular flexibility index (Phi) is 2.95. The minimum absolute atomic E-state index is 0.759. The molecular formula is C16H29N3. The van der Waals surface area contributed by atoms with Gasteiger partial charge in [0.1, 0.15) is 0 Å². The first-order chi connectivity index (χ1) is 9.11. The molecule has 4 aliphatic rings. The zero-order valence-corrected chi connectivity index (χ0v) is 12.8. The lowest BCUT2D eigenvalue weighted by Gasteiger charge is -2.25. The Bertz CT molecular complexity index is 330. The van der Waals surface area contributed by atoms with Crippen molar-refractivity contribution >= 4 is 0 Å². The van der Waals surface area contributed by atoms with Crippen LogP contribution in [0, 0.1) is 29.6 Å². The van der Waals surface area contributed by atoms with Crippen LogP contribution in [0.1, 0.15) is 13.8 Å². The number of piperidine rings is 1. The third-order valence-electron chi connectivity index (χ3n) is 6.34. The maximum atomic E-state index is 2.80. The van der Waals surface area contributed by atoms with Gasteiger partial charge in [0.25, 0.3) is 0 Å². The summed E-state index contributed by atoms with van der Waals surface area (Å²) in [6.07, 6.45) is 0. The molecule has 4 fully saturated rings. The number of rotatable bonds is 3. The molecule has 19 heavy (non-hydrogen) atoms. The van der Waals surface area contributed by atoms with Crippen molar-refractivity contribution in [3.8, 4) is 0 Å². The standard InChI is InChI=1S/C16H29N3/c1-11(2)19-9-15-14(16(15)10-19)8-18-6-12-4-17(3)5-13(12)7-18/h11-16H,4-10H2,1-3H3/t12?,13?,14-,15+,16-. The summed E-state index contributed by atoms with van der Waals surface area (Å²) in [5.74, 6) is 5.11. The molecule has 0 aromatic rings. The molecule has 3 nitrogen and oxygen atoms in total. The third kappa shape index (κ3) is 2.14. The van der Waals surface area contributed by atoms with E-state index in [2.05, 4.69) is 35.6 Å². The molecule has 5 atom stereocenters. The van der Waals surface area contributed by atoms with Crippen LogP contribution in [0.4, 0.5) is 0 Å². The molecule has 0 radical (unpaired) electrons. The van der Waals surface area contributed by atoms with Crippen LogP contribution in [0.15, 0.2) is 0 Å². The summed E-state index contributed by atoms with van der Waals surface area (Å²) in [7, 11) is 2.29. The van der Waals surface area contributed by atoms with Crippen molar-refractivity contribution in [3.63, 3.8) is 0 Å². The van der Waals surface area contributed by atoms with Gasteiger partial charge in [-0.1, -0.05) is 0 Å². The molecule has 1 saturated carbocycles. The average Bonchev–Trinajstić information content (AvgIpc) is 2.75. The quantitative estimate of drug-likeness (QED) is 0.754. The van der Waals surface area contributed by atoms with Crippen molar-refractivity contribution in [3.05, 3.63) is 0 Å². The molecule has 0 aromatic heterocycles. The number of fused-ring (bicyclic) bond motifs is 2. The van der Waals surface area contributed by atoms with Crippen molar-refractivity contribution in [2.75, 3.05) is 52.9 Å². The average molecular weight is 263 g/mol. The molecule has 0 aromatic carbocycles. The lowest BCUT2D eigenvalue weighted by molar-refractivity contribution is 0.208. The van der Waals surface area contributed by atoms with E-state index >= 15 is 0 Å². The van der Waals surface area contributed by atoms with E-state index < -0.39 is 0 Å². The smallest absolute Gasteiger partial charge is 0.00388 e. The second kappa shape index (κ2) is 4.44. The molecule has 0 N–H and O–H groups in total. The highest BCUT2D eigenvalue weighted by atomic mass is 15.2. The van der Waals surface area contributed by atoms with Crippen LogP contribution < -0.4 is 0 Å². The first-order valence-electron chi connectivity index (χ1n) is 8.26. The zero-order valence-electron chi connectivity index (χ0n) is 12.8. The first-order valence-corrected chi connectivity index (χ1v) is 8.26. The first kappa shape index (κ1) is 12.6. The third-order valence-corrected chi connectivity index (χ3v) is 6.34. The van der Waals surface area contributed by atoms with Gasteiger partial charge in [0.2, 0.25) is 0 Å². The lowest BCUT2D eigenvalue weighted by atomic mass is 10.0. The van der Waals surface area contributed by atoms with Gasteiger partial charge in [0.05, 0.1) is 0 Å². The molecule has 0 bridgehead atoms. The van der Waals surface area contributed by atoms with Crippen molar-refractivity contribution in [1.82, 2.24) is 14.7 Å². The summed E-state index contributed by atoms with van der Waals surface area (Å²) in [5.41, 5.74) is 0. The molecule has 0 spiro atoms. The number of hydrogen-bond acceptors (Lipinski definition) is 3. The van der Waals surface area contributed by atoms with Gasteiger partial charge in [-0.25, -0.2) is 0 Å². The Labute approximate surface area is 117 Å². The fourth-order valence-corrected chi connectivity index (χ4v) is 5.15. The minimum Gasteiger partial charge on any atom is -0.306 e. The highest BCUT2D eigenvalue weighted by molar-refractivity contribution is 5.07. The number of nitrogens with zero attached hydrogens (tertiary/aromatic N) is 3. The van der Waals surface area contributed by atoms with Crippen molar-refractivity contribution in [2.24, 2.45) is 29.6 Å². The lowest BCUT2D eigenvalue weighted by Crippen LogP contribution is -2.34. The Morgan fingerprint density at radius 2 is 1.47 bits per heavy atom. The second-order valence-electron chi connectivity index (χ2n) is 8.00. The molecular weight excluding hydrogens is 234 g/mol. The Morgan fingerprint density at radius 3 is 2.00 bits per heavy atom. The van der Waals surface area contributed by atoms with Gasteiger partial charge in [0, 0.05) is 51.9 Å². The van der Waals surface area contributed by atoms with E-state index in [1.54, 1.807) is 0 Å². The topological polar surface area (TPSA) is 9.72 Å². The molecule has 4 rings (SSSR count). The van der Waals surface area contributed by atoms with Crippen molar-refractivity contribution in [2.45, 2.75) is 19.9 Å². The van der Waals surface area contributed by atoms with Crippen LogP contribution in [0.2, 0.25) is 0 Å². The Hall–Kier alpha value is -0.120. The minimum atomic E-state index is 0.759. The summed E-state index contributed by atoms with van der Waals surface area (Å²) in [4.78, 5) is 8.00. The fraction of sp³-hybridized carbons (Fsp3) is 1.00.